The molecular weight excluding hydrogens is 248 g/mol. The molecule has 0 saturated heterocycles. The maximum absolute atomic E-state index is 5.47. The summed E-state index contributed by atoms with van der Waals surface area (Å²) in [6, 6.07) is 0. The minimum absolute atomic E-state index is 0.333. The smallest absolute Gasteiger partial charge is 0.190 e. The highest BCUT2D eigenvalue weighted by Gasteiger charge is 2.04. The number of nitrogens with one attached hydrogen (secondary N) is 1. The zero-order valence-electron chi connectivity index (χ0n) is 11.8. The first-order valence-electron chi connectivity index (χ1n) is 6.42. The minimum Gasteiger partial charge on any atom is -0.379 e. The molecule has 0 aromatic carbocycles. The Kier molecular flexibility index (Phi) is 7.31. The van der Waals surface area contributed by atoms with Crippen LogP contribution in [0.5, 0.6) is 0 Å². The number of hydrogen-bond acceptors (Lipinski definition) is 5. The van der Waals surface area contributed by atoms with Gasteiger partial charge < -0.3 is 14.6 Å². The van der Waals surface area contributed by atoms with Crippen LogP contribution in [0.2, 0.25) is 0 Å². The molecule has 0 aliphatic heterocycles. The Balaban J connectivity index is 1.97. The average Bonchev–Trinajstić information content (AvgIpc) is 2.64. The summed E-state index contributed by atoms with van der Waals surface area (Å²) in [5, 5.41) is 12.5. The zero-order chi connectivity index (χ0) is 13.4. The van der Waals surface area contributed by atoms with E-state index in [2.05, 4.69) is 29.4 Å². The van der Waals surface area contributed by atoms with Gasteiger partial charge >= 0.3 is 0 Å². The fourth-order valence-corrected chi connectivity index (χ4v) is 2.22. The maximum atomic E-state index is 5.47. The van der Waals surface area contributed by atoms with Crippen LogP contribution in [0.1, 0.15) is 26.1 Å². The molecule has 1 heterocycles. The van der Waals surface area contributed by atoms with Gasteiger partial charge in [0.2, 0.25) is 0 Å². The van der Waals surface area contributed by atoms with Crippen LogP contribution in [-0.2, 0) is 11.8 Å². The molecule has 104 valence electrons. The molecule has 0 bridgehead atoms. The van der Waals surface area contributed by atoms with Gasteiger partial charge in [0.15, 0.2) is 5.16 Å². The highest BCUT2D eigenvalue weighted by atomic mass is 32.2. The predicted octanol–water partition coefficient (Wildman–Crippen LogP) is 1.62. The van der Waals surface area contributed by atoms with Gasteiger partial charge in [-0.05, 0) is 33.7 Å². The van der Waals surface area contributed by atoms with Gasteiger partial charge in [-0.2, -0.15) is 0 Å². The molecule has 0 aliphatic rings. The highest BCUT2D eigenvalue weighted by molar-refractivity contribution is 7.99. The van der Waals surface area contributed by atoms with E-state index in [1.807, 2.05) is 18.5 Å². The third-order valence-electron chi connectivity index (χ3n) is 2.51. The summed E-state index contributed by atoms with van der Waals surface area (Å²) in [7, 11) is 1.99. The molecule has 0 aliphatic carbocycles. The lowest BCUT2D eigenvalue weighted by atomic mass is 10.4. The topological polar surface area (TPSA) is 52.0 Å². The van der Waals surface area contributed by atoms with Crippen molar-refractivity contribution in [3.63, 3.8) is 0 Å². The van der Waals surface area contributed by atoms with Crippen molar-refractivity contribution in [1.82, 2.24) is 20.1 Å². The second kappa shape index (κ2) is 8.50. The molecule has 0 saturated carbocycles. The molecular formula is C12H24N4OS. The Morgan fingerprint density at radius 2 is 2.11 bits per heavy atom. The molecule has 1 N–H and O–H groups in total. The molecule has 1 aromatic heterocycles. The third-order valence-corrected chi connectivity index (χ3v) is 3.53. The van der Waals surface area contributed by atoms with Gasteiger partial charge in [-0.1, -0.05) is 11.8 Å². The summed E-state index contributed by atoms with van der Waals surface area (Å²) in [6.45, 7) is 8.91. The van der Waals surface area contributed by atoms with Crippen LogP contribution in [0, 0.1) is 6.92 Å². The van der Waals surface area contributed by atoms with Crippen LogP contribution in [0.4, 0.5) is 0 Å². The van der Waals surface area contributed by atoms with Crippen molar-refractivity contribution in [3.05, 3.63) is 5.82 Å². The SMILES string of the molecule is Cc1nnc(SCCNCCCOC(C)C)n1C. The second-order valence-electron chi connectivity index (χ2n) is 4.46. The van der Waals surface area contributed by atoms with E-state index in [1.165, 1.54) is 0 Å². The summed E-state index contributed by atoms with van der Waals surface area (Å²) >= 11 is 1.73. The summed E-state index contributed by atoms with van der Waals surface area (Å²) in [5.41, 5.74) is 0. The Bertz CT molecular complexity index is 341. The molecule has 18 heavy (non-hydrogen) atoms. The van der Waals surface area contributed by atoms with Crippen LogP contribution in [0.15, 0.2) is 5.16 Å². The van der Waals surface area contributed by atoms with Gasteiger partial charge in [-0.25, -0.2) is 0 Å². The molecule has 0 atom stereocenters. The van der Waals surface area contributed by atoms with Crippen LogP contribution >= 0.6 is 11.8 Å². The van der Waals surface area contributed by atoms with Gasteiger partial charge in [0.05, 0.1) is 6.10 Å². The van der Waals surface area contributed by atoms with Gasteiger partial charge in [-0.3, -0.25) is 0 Å². The van der Waals surface area contributed by atoms with Crippen molar-refractivity contribution in [3.8, 4) is 0 Å². The Morgan fingerprint density at radius 3 is 2.72 bits per heavy atom. The quantitative estimate of drug-likeness (QED) is 0.547. The monoisotopic (exact) mass is 272 g/mol. The lowest BCUT2D eigenvalue weighted by Crippen LogP contribution is -2.20. The molecule has 0 amide bonds. The molecule has 6 heteroatoms. The Morgan fingerprint density at radius 1 is 1.33 bits per heavy atom. The van der Waals surface area contributed by atoms with Crippen LogP contribution in [0.3, 0.4) is 0 Å². The van der Waals surface area contributed by atoms with E-state index >= 15 is 0 Å². The lowest BCUT2D eigenvalue weighted by Gasteiger charge is -2.08. The number of hydrogen-bond donors (Lipinski definition) is 1. The van der Waals surface area contributed by atoms with Gasteiger partial charge in [0.25, 0.3) is 0 Å². The number of thioether (sulfide) groups is 1. The van der Waals surface area contributed by atoms with E-state index in [9.17, 15) is 0 Å². The molecule has 1 rings (SSSR count). The van der Waals surface area contributed by atoms with E-state index in [-0.39, 0.29) is 0 Å². The summed E-state index contributed by atoms with van der Waals surface area (Å²) < 4.78 is 7.48. The first-order valence-corrected chi connectivity index (χ1v) is 7.41. The average molecular weight is 272 g/mol. The van der Waals surface area contributed by atoms with E-state index in [0.717, 1.165) is 42.9 Å². The van der Waals surface area contributed by atoms with Gasteiger partial charge in [0, 0.05) is 26.0 Å². The second-order valence-corrected chi connectivity index (χ2v) is 5.52. The predicted molar refractivity (Wildman–Crippen MR) is 75.0 cm³/mol. The van der Waals surface area contributed by atoms with E-state index in [4.69, 9.17) is 4.74 Å². The van der Waals surface area contributed by atoms with Gasteiger partial charge in [0.1, 0.15) is 5.82 Å². The third kappa shape index (κ3) is 5.84. The van der Waals surface area contributed by atoms with Crippen molar-refractivity contribution in [2.45, 2.75) is 38.5 Å². The molecule has 1 aromatic rings. The summed E-state index contributed by atoms with van der Waals surface area (Å²) in [5.74, 6) is 1.97. The summed E-state index contributed by atoms with van der Waals surface area (Å²) in [4.78, 5) is 0. The van der Waals surface area contributed by atoms with Crippen molar-refractivity contribution in [1.29, 1.82) is 0 Å². The molecule has 5 nitrogen and oxygen atoms in total. The lowest BCUT2D eigenvalue weighted by molar-refractivity contribution is 0.0772. The van der Waals surface area contributed by atoms with Crippen molar-refractivity contribution < 1.29 is 4.74 Å². The normalized spacial score (nSPS) is 11.4. The zero-order valence-corrected chi connectivity index (χ0v) is 12.6. The van der Waals surface area contributed by atoms with Crippen molar-refractivity contribution >= 4 is 11.8 Å². The number of aryl methyl sites for hydroxylation is 1. The molecule has 0 unspecified atom stereocenters. The Hall–Kier alpha value is -0.590. The Labute approximate surface area is 114 Å². The fraction of sp³-hybridized carbons (Fsp3) is 0.833. The maximum Gasteiger partial charge on any atom is 0.190 e. The van der Waals surface area contributed by atoms with Crippen LogP contribution in [-0.4, -0.2) is 46.3 Å². The first kappa shape index (κ1) is 15.5. The molecule has 0 fully saturated rings. The van der Waals surface area contributed by atoms with Crippen LogP contribution < -0.4 is 5.32 Å². The number of rotatable bonds is 9. The van der Waals surface area contributed by atoms with E-state index in [1.54, 1.807) is 11.8 Å². The van der Waals surface area contributed by atoms with E-state index < -0.39 is 0 Å². The standard InChI is InChI=1S/C12H24N4OS/c1-10(2)17-8-5-6-13-7-9-18-12-15-14-11(3)16(12)4/h10,13H,5-9H2,1-4H3. The molecule has 0 spiro atoms. The van der Waals surface area contributed by atoms with Crippen molar-refractivity contribution in [2.75, 3.05) is 25.4 Å². The van der Waals surface area contributed by atoms with E-state index in [0.29, 0.717) is 6.10 Å². The number of aromatic nitrogens is 3. The fourth-order valence-electron chi connectivity index (χ4n) is 1.37. The summed E-state index contributed by atoms with van der Waals surface area (Å²) in [6.07, 6.45) is 1.39. The minimum atomic E-state index is 0.333. The largest absolute Gasteiger partial charge is 0.379 e. The number of ether oxygens (including phenoxy) is 1. The van der Waals surface area contributed by atoms with Crippen molar-refractivity contribution in [2.24, 2.45) is 7.05 Å². The van der Waals surface area contributed by atoms with Gasteiger partial charge in [-0.15, -0.1) is 10.2 Å². The molecule has 0 radical (unpaired) electrons. The highest BCUT2D eigenvalue weighted by Crippen LogP contribution is 2.13. The number of nitrogens with zero attached hydrogens (tertiary/aromatic N) is 3. The first-order chi connectivity index (χ1) is 8.61. The van der Waals surface area contributed by atoms with Crippen LogP contribution in [0.25, 0.3) is 0 Å².